The molecule has 0 aromatic rings. The molecule has 1 rings (SSSR count). The highest BCUT2D eigenvalue weighted by atomic mass is 16.1. The van der Waals surface area contributed by atoms with Gasteiger partial charge in [-0.2, -0.15) is 0 Å². The molecule has 0 aliphatic heterocycles. The Kier molecular flexibility index (Phi) is 3.72. The summed E-state index contributed by atoms with van der Waals surface area (Å²) in [5.41, 5.74) is 5.65. The molecule has 0 bridgehead atoms. The Bertz CT molecular complexity index is 172. The number of nitrogens with one attached hydrogen (secondary N) is 1. The Morgan fingerprint density at radius 3 is 2.23 bits per heavy atom. The van der Waals surface area contributed by atoms with Gasteiger partial charge in [0.15, 0.2) is 0 Å². The lowest BCUT2D eigenvalue weighted by molar-refractivity contribution is -0.121. The summed E-state index contributed by atoms with van der Waals surface area (Å²) in [5, 5.41) is 3.02. The minimum atomic E-state index is -0.0949. The fourth-order valence-electron chi connectivity index (χ4n) is 2.16. The first-order valence-electron chi connectivity index (χ1n) is 5.17. The third-order valence-electron chi connectivity index (χ3n) is 2.89. The van der Waals surface area contributed by atoms with Crippen molar-refractivity contribution in [3.8, 4) is 0 Å². The van der Waals surface area contributed by atoms with Gasteiger partial charge in [0.25, 0.3) is 0 Å². The van der Waals surface area contributed by atoms with E-state index >= 15 is 0 Å². The van der Waals surface area contributed by atoms with Crippen LogP contribution in [0.1, 0.15) is 45.4 Å². The molecule has 1 saturated carbocycles. The highest BCUT2D eigenvalue weighted by Gasteiger charge is 2.29. The Balaban J connectivity index is 2.58. The maximum atomic E-state index is 11.0. The molecule has 0 spiro atoms. The number of rotatable bonds is 2. The zero-order chi connectivity index (χ0) is 9.73. The standard InChI is InChI=1S/C10H20N2O/c1-9(13)12-10(8-11)6-4-2-3-5-7-10/h2-8,11H2,1H3,(H,12,13). The van der Waals surface area contributed by atoms with Gasteiger partial charge in [-0.25, -0.2) is 0 Å². The van der Waals surface area contributed by atoms with Crippen molar-refractivity contribution in [2.45, 2.75) is 51.0 Å². The molecule has 3 N–H and O–H groups in total. The molecule has 0 aromatic heterocycles. The molecule has 1 aliphatic rings. The number of carbonyl (C=O) groups excluding carboxylic acids is 1. The van der Waals surface area contributed by atoms with E-state index in [9.17, 15) is 4.79 Å². The van der Waals surface area contributed by atoms with Crippen LogP contribution in [0.25, 0.3) is 0 Å². The summed E-state index contributed by atoms with van der Waals surface area (Å²) in [6, 6.07) is 0. The summed E-state index contributed by atoms with van der Waals surface area (Å²) in [4.78, 5) is 11.0. The van der Waals surface area contributed by atoms with E-state index in [1.807, 2.05) is 0 Å². The summed E-state index contributed by atoms with van der Waals surface area (Å²) in [6.07, 6.45) is 7.03. The SMILES string of the molecule is CC(=O)NC1(CN)CCCCCC1. The molecule has 0 radical (unpaired) electrons. The molecule has 3 heteroatoms. The van der Waals surface area contributed by atoms with Crippen molar-refractivity contribution in [2.75, 3.05) is 6.54 Å². The summed E-state index contributed by atoms with van der Waals surface area (Å²) in [7, 11) is 0. The largest absolute Gasteiger partial charge is 0.350 e. The minimum absolute atomic E-state index is 0.0485. The molecule has 0 atom stereocenters. The van der Waals surface area contributed by atoms with Crippen molar-refractivity contribution in [3.05, 3.63) is 0 Å². The van der Waals surface area contributed by atoms with Gasteiger partial charge in [-0.3, -0.25) is 4.79 Å². The van der Waals surface area contributed by atoms with E-state index in [2.05, 4.69) is 5.32 Å². The van der Waals surface area contributed by atoms with Crippen LogP contribution in [0.2, 0.25) is 0 Å². The van der Waals surface area contributed by atoms with Crippen molar-refractivity contribution >= 4 is 5.91 Å². The van der Waals surface area contributed by atoms with Crippen molar-refractivity contribution < 1.29 is 4.79 Å². The molecule has 1 amide bonds. The lowest BCUT2D eigenvalue weighted by atomic mass is 9.90. The van der Waals surface area contributed by atoms with E-state index in [0.29, 0.717) is 6.54 Å². The lowest BCUT2D eigenvalue weighted by Gasteiger charge is -2.32. The average Bonchev–Trinajstić information content (AvgIpc) is 2.30. The Morgan fingerprint density at radius 1 is 1.31 bits per heavy atom. The predicted molar refractivity (Wildman–Crippen MR) is 53.3 cm³/mol. The Hall–Kier alpha value is -0.570. The van der Waals surface area contributed by atoms with Crippen LogP contribution in [0, 0.1) is 0 Å². The first-order valence-corrected chi connectivity index (χ1v) is 5.17. The fraction of sp³-hybridized carbons (Fsp3) is 0.900. The molecule has 1 aliphatic carbocycles. The Morgan fingerprint density at radius 2 is 1.85 bits per heavy atom. The monoisotopic (exact) mass is 184 g/mol. The van der Waals surface area contributed by atoms with E-state index in [4.69, 9.17) is 5.73 Å². The van der Waals surface area contributed by atoms with Gasteiger partial charge >= 0.3 is 0 Å². The molecule has 0 aromatic carbocycles. The second-order valence-electron chi connectivity index (χ2n) is 4.08. The van der Waals surface area contributed by atoms with Crippen molar-refractivity contribution in [1.82, 2.24) is 5.32 Å². The maximum Gasteiger partial charge on any atom is 0.217 e. The number of carbonyl (C=O) groups is 1. The molecule has 3 nitrogen and oxygen atoms in total. The molecule has 0 unspecified atom stereocenters. The van der Waals surface area contributed by atoms with Crippen LogP contribution in [0.15, 0.2) is 0 Å². The summed E-state index contributed by atoms with van der Waals surface area (Å²) >= 11 is 0. The van der Waals surface area contributed by atoms with E-state index in [1.165, 1.54) is 25.7 Å². The second-order valence-corrected chi connectivity index (χ2v) is 4.08. The van der Waals surface area contributed by atoms with Crippen LogP contribution in [0.3, 0.4) is 0 Å². The molecule has 13 heavy (non-hydrogen) atoms. The van der Waals surface area contributed by atoms with Gasteiger partial charge in [-0.05, 0) is 12.8 Å². The van der Waals surface area contributed by atoms with Crippen molar-refractivity contribution in [1.29, 1.82) is 0 Å². The summed E-state index contributed by atoms with van der Waals surface area (Å²) in [6.45, 7) is 2.15. The topological polar surface area (TPSA) is 55.1 Å². The van der Waals surface area contributed by atoms with Crippen LogP contribution in [-0.4, -0.2) is 18.0 Å². The zero-order valence-corrected chi connectivity index (χ0v) is 8.44. The van der Waals surface area contributed by atoms with Crippen molar-refractivity contribution in [3.63, 3.8) is 0 Å². The first-order chi connectivity index (χ1) is 6.18. The first kappa shape index (κ1) is 10.5. The highest BCUT2D eigenvalue weighted by molar-refractivity contribution is 5.73. The highest BCUT2D eigenvalue weighted by Crippen LogP contribution is 2.26. The van der Waals surface area contributed by atoms with Gasteiger partial charge in [0.2, 0.25) is 5.91 Å². The van der Waals surface area contributed by atoms with Gasteiger partial charge in [-0.1, -0.05) is 25.7 Å². The minimum Gasteiger partial charge on any atom is -0.350 e. The third kappa shape index (κ3) is 2.99. The van der Waals surface area contributed by atoms with Crippen LogP contribution >= 0.6 is 0 Å². The number of nitrogens with two attached hydrogens (primary N) is 1. The lowest BCUT2D eigenvalue weighted by Crippen LogP contribution is -2.52. The van der Waals surface area contributed by atoms with E-state index in [0.717, 1.165) is 12.8 Å². The zero-order valence-electron chi connectivity index (χ0n) is 8.44. The van der Waals surface area contributed by atoms with E-state index < -0.39 is 0 Å². The molecule has 1 fully saturated rings. The molecule has 0 heterocycles. The number of hydrogen-bond donors (Lipinski definition) is 2. The fourth-order valence-corrected chi connectivity index (χ4v) is 2.16. The number of hydrogen-bond acceptors (Lipinski definition) is 2. The summed E-state index contributed by atoms with van der Waals surface area (Å²) in [5.74, 6) is 0.0485. The summed E-state index contributed by atoms with van der Waals surface area (Å²) < 4.78 is 0. The smallest absolute Gasteiger partial charge is 0.217 e. The molecule has 0 saturated heterocycles. The van der Waals surface area contributed by atoms with Crippen LogP contribution in [-0.2, 0) is 4.79 Å². The molecular formula is C10H20N2O. The molecular weight excluding hydrogens is 164 g/mol. The van der Waals surface area contributed by atoms with E-state index in [-0.39, 0.29) is 11.4 Å². The Labute approximate surface area is 80.1 Å². The third-order valence-corrected chi connectivity index (χ3v) is 2.89. The van der Waals surface area contributed by atoms with Crippen LogP contribution < -0.4 is 11.1 Å². The van der Waals surface area contributed by atoms with Gasteiger partial charge < -0.3 is 11.1 Å². The van der Waals surface area contributed by atoms with Gasteiger partial charge in [0.1, 0.15) is 0 Å². The van der Waals surface area contributed by atoms with E-state index in [1.54, 1.807) is 6.92 Å². The van der Waals surface area contributed by atoms with Gasteiger partial charge in [-0.15, -0.1) is 0 Å². The molecule has 76 valence electrons. The number of amides is 1. The normalized spacial score (nSPS) is 22.0. The maximum absolute atomic E-state index is 11.0. The average molecular weight is 184 g/mol. The quantitative estimate of drug-likeness (QED) is 0.633. The second kappa shape index (κ2) is 4.61. The van der Waals surface area contributed by atoms with Crippen LogP contribution in [0.4, 0.5) is 0 Å². The van der Waals surface area contributed by atoms with Gasteiger partial charge in [0, 0.05) is 13.5 Å². The van der Waals surface area contributed by atoms with Crippen molar-refractivity contribution in [2.24, 2.45) is 5.73 Å². The predicted octanol–water partition coefficient (Wildman–Crippen LogP) is 1.17. The van der Waals surface area contributed by atoms with Crippen LogP contribution in [0.5, 0.6) is 0 Å². The van der Waals surface area contributed by atoms with Gasteiger partial charge in [0.05, 0.1) is 5.54 Å².